The van der Waals surface area contributed by atoms with Crippen molar-refractivity contribution in [3.8, 4) is 11.5 Å². The average molecular weight is 436 g/mol. The van der Waals surface area contributed by atoms with Gasteiger partial charge in [0.2, 0.25) is 0 Å². The van der Waals surface area contributed by atoms with E-state index in [9.17, 15) is 9.90 Å². The van der Waals surface area contributed by atoms with Crippen molar-refractivity contribution in [3.05, 3.63) is 93.5 Å². The standard InChI is InChI=1S/C24H15Cl2NO3/c25-18-8-7-13(10-19(18)26)9-14-3-1-4-15-11-20-22(12-17(14)15)30-21-6-2-5-16(24(28)29)23(21)27-20/h1-8,10-12,27H,9H2,(H,28,29). The van der Waals surface area contributed by atoms with Crippen LogP contribution in [0.15, 0.2) is 66.7 Å². The maximum Gasteiger partial charge on any atom is 0.337 e. The Bertz CT molecular complexity index is 1330. The monoisotopic (exact) mass is 435 g/mol. The molecule has 0 radical (unpaired) electrons. The number of para-hydroxylation sites is 1. The minimum absolute atomic E-state index is 0.173. The molecule has 4 nitrogen and oxygen atoms in total. The van der Waals surface area contributed by atoms with Gasteiger partial charge >= 0.3 is 5.97 Å². The van der Waals surface area contributed by atoms with Gasteiger partial charge in [-0.25, -0.2) is 4.79 Å². The van der Waals surface area contributed by atoms with Crippen LogP contribution in [0.5, 0.6) is 11.5 Å². The van der Waals surface area contributed by atoms with Crippen LogP contribution >= 0.6 is 23.2 Å². The molecule has 148 valence electrons. The molecule has 6 heteroatoms. The van der Waals surface area contributed by atoms with Gasteiger partial charge in [0.05, 0.1) is 27.0 Å². The summed E-state index contributed by atoms with van der Waals surface area (Å²) < 4.78 is 6.05. The highest BCUT2D eigenvalue weighted by atomic mass is 35.5. The molecular weight excluding hydrogens is 421 g/mol. The summed E-state index contributed by atoms with van der Waals surface area (Å²) in [5.41, 5.74) is 3.55. The Balaban J connectivity index is 1.57. The van der Waals surface area contributed by atoms with Gasteiger partial charge in [-0.15, -0.1) is 0 Å². The van der Waals surface area contributed by atoms with E-state index in [-0.39, 0.29) is 5.56 Å². The second-order valence-corrected chi connectivity index (χ2v) is 7.94. The molecular formula is C24H15Cl2NO3. The minimum atomic E-state index is -1.00. The number of anilines is 2. The zero-order valence-corrected chi connectivity index (χ0v) is 17.1. The lowest BCUT2D eigenvalue weighted by molar-refractivity contribution is 0.0697. The fourth-order valence-corrected chi connectivity index (χ4v) is 4.07. The number of carboxylic acids is 1. The maximum absolute atomic E-state index is 11.5. The van der Waals surface area contributed by atoms with Gasteiger partial charge in [-0.2, -0.15) is 0 Å². The van der Waals surface area contributed by atoms with Crippen LogP contribution in [0.25, 0.3) is 10.8 Å². The Hall–Kier alpha value is -3.21. The van der Waals surface area contributed by atoms with Crippen molar-refractivity contribution >= 4 is 51.3 Å². The zero-order valence-electron chi connectivity index (χ0n) is 15.6. The van der Waals surface area contributed by atoms with E-state index in [0.29, 0.717) is 33.7 Å². The summed E-state index contributed by atoms with van der Waals surface area (Å²) in [5.74, 6) is 0.138. The van der Waals surface area contributed by atoms with Crippen LogP contribution < -0.4 is 10.1 Å². The summed E-state index contributed by atoms with van der Waals surface area (Å²) in [5, 5.41) is 15.8. The van der Waals surface area contributed by atoms with Crippen molar-refractivity contribution < 1.29 is 14.6 Å². The van der Waals surface area contributed by atoms with Gasteiger partial charge in [-0.1, -0.05) is 53.5 Å². The molecule has 1 aliphatic heterocycles. The topological polar surface area (TPSA) is 58.6 Å². The first-order valence-corrected chi connectivity index (χ1v) is 10.1. The van der Waals surface area contributed by atoms with E-state index in [4.69, 9.17) is 27.9 Å². The lowest BCUT2D eigenvalue weighted by Gasteiger charge is -2.24. The SMILES string of the molecule is O=C(O)c1cccc2c1Nc1cc3cccc(Cc4ccc(Cl)c(Cl)c4)c3cc1O2. The third-order valence-electron chi connectivity index (χ3n) is 5.19. The summed E-state index contributed by atoms with van der Waals surface area (Å²) >= 11 is 12.2. The normalized spacial score (nSPS) is 11.9. The second kappa shape index (κ2) is 7.24. The predicted molar refractivity (Wildman–Crippen MR) is 120 cm³/mol. The van der Waals surface area contributed by atoms with Gasteiger partial charge in [-0.3, -0.25) is 0 Å². The van der Waals surface area contributed by atoms with Crippen LogP contribution in [-0.4, -0.2) is 11.1 Å². The number of carboxylic acid groups (broad SMARTS) is 1. The average Bonchev–Trinajstić information content (AvgIpc) is 2.73. The van der Waals surface area contributed by atoms with Crippen LogP contribution in [0.2, 0.25) is 10.0 Å². The van der Waals surface area contributed by atoms with E-state index in [1.54, 1.807) is 24.3 Å². The fourth-order valence-electron chi connectivity index (χ4n) is 3.75. The van der Waals surface area contributed by atoms with Crippen molar-refractivity contribution in [1.29, 1.82) is 0 Å². The van der Waals surface area contributed by atoms with E-state index in [1.807, 2.05) is 36.4 Å². The van der Waals surface area contributed by atoms with Gasteiger partial charge in [0.1, 0.15) is 0 Å². The first-order chi connectivity index (χ1) is 14.5. The highest BCUT2D eigenvalue weighted by Gasteiger charge is 2.23. The number of nitrogens with one attached hydrogen (secondary N) is 1. The largest absolute Gasteiger partial charge is 0.478 e. The van der Waals surface area contributed by atoms with Crippen LogP contribution in [0.4, 0.5) is 11.4 Å². The quantitative estimate of drug-likeness (QED) is 0.312. The first kappa shape index (κ1) is 18.8. The zero-order chi connectivity index (χ0) is 20.8. The van der Waals surface area contributed by atoms with E-state index in [2.05, 4.69) is 11.4 Å². The van der Waals surface area contributed by atoms with Gasteiger partial charge in [0.25, 0.3) is 0 Å². The number of fused-ring (bicyclic) bond motifs is 3. The first-order valence-electron chi connectivity index (χ1n) is 9.30. The highest BCUT2D eigenvalue weighted by Crippen LogP contribution is 2.45. The molecule has 0 aromatic heterocycles. The molecule has 0 aliphatic carbocycles. The summed E-state index contributed by atoms with van der Waals surface area (Å²) in [6, 6.07) is 20.7. The molecule has 5 rings (SSSR count). The number of halogens is 2. The third-order valence-corrected chi connectivity index (χ3v) is 5.92. The van der Waals surface area contributed by atoms with Crippen LogP contribution in [0.1, 0.15) is 21.5 Å². The molecule has 0 unspecified atom stereocenters. The second-order valence-electron chi connectivity index (χ2n) is 7.12. The molecule has 4 aromatic carbocycles. The molecule has 0 spiro atoms. The van der Waals surface area contributed by atoms with Crippen molar-refractivity contribution in [2.45, 2.75) is 6.42 Å². The fraction of sp³-hybridized carbons (Fsp3) is 0.0417. The van der Waals surface area contributed by atoms with Crippen molar-refractivity contribution in [2.75, 3.05) is 5.32 Å². The molecule has 0 fully saturated rings. The predicted octanol–water partition coefficient (Wildman–Crippen LogP) is 7.28. The molecule has 30 heavy (non-hydrogen) atoms. The number of rotatable bonds is 3. The Morgan fingerprint density at radius 3 is 2.57 bits per heavy atom. The molecule has 0 bridgehead atoms. The van der Waals surface area contributed by atoms with Crippen LogP contribution in [0, 0.1) is 0 Å². The molecule has 0 saturated heterocycles. The molecule has 1 aliphatic rings. The Morgan fingerprint density at radius 1 is 0.933 bits per heavy atom. The number of hydrogen-bond donors (Lipinski definition) is 2. The molecule has 0 atom stereocenters. The number of benzene rings is 4. The van der Waals surface area contributed by atoms with E-state index in [0.717, 1.165) is 27.6 Å². The Morgan fingerprint density at radius 2 is 1.77 bits per heavy atom. The van der Waals surface area contributed by atoms with Crippen molar-refractivity contribution in [1.82, 2.24) is 0 Å². The number of hydrogen-bond acceptors (Lipinski definition) is 3. The highest BCUT2D eigenvalue weighted by molar-refractivity contribution is 6.42. The van der Waals surface area contributed by atoms with Gasteiger partial charge < -0.3 is 15.2 Å². The molecule has 2 N–H and O–H groups in total. The summed E-state index contributed by atoms with van der Waals surface area (Å²) in [4.78, 5) is 11.5. The van der Waals surface area contributed by atoms with Gasteiger partial charge in [-0.05, 0) is 64.7 Å². The summed E-state index contributed by atoms with van der Waals surface area (Å²) in [6.07, 6.45) is 0.695. The van der Waals surface area contributed by atoms with Crippen LogP contribution in [0.3, 0.4) is 0 Å². The van der Waals surface area contributed by atoms with Crippen molar-refractivity contribution in [2.24, 2.45) is 0 Å². The Kier molecular flexibility index (Phi) is 4.54. The lowest BCUT2D eigenvalue weighted by Crippen LogP contribution is -2.09. The molecule has 1 heterocycles. The summed E-state index contributed by atoms with van der Waals surface area (Å²) in [6.45, 7) is 0. The van der Waals surface area contributed by atoms with Gasteiger partial charge in [0.15, 0.2) is 11.5 Å². The number of carbonyl (C=O) groups is 1. The lowest BCUT2D eigenvalue weighted by atomic mass is 9.97. The maximum atomic E-state index is 11.5. The minimum Gasteiger partial charge on any atom is -0.478 e. The van der Waals surface area contributed by atoms with Crippen LogP contribution in [-0.2, 0) is 6.42 Å². The van der Waals surface area contributed by atoms with Gasteiger partial charge in [0, 0.05) is 0 Å². The van der Waals surface area contributed by atoms with E-state index in [1.165, 1.54) is 0 Å². The smallest absolute Gasteiger partial charge is 0.337 e. The van der Waals surface area contributed by atoms with Crippen molar-refractivity contribution in [3.63, 3.8) is 0 Å². The Labute approximate surface area is 182 Å². The molecule has 0 amide bonds. The van der Waals surface area contributed by atoms with E-state index >= 15 is 0 Å². The third kappa shape index (κ3) is 3.24. The molecule has 4 aromatic rings. The number of aromatic carboxylic acids is 1. The summed E-state index contributed by atoms with van der Waals surface area (Å²) in [7, 11) is 0. The van der Waals surface area contributed by atoms with E-state index < -0.39 is 5.97 Å². The molecule has 0 saturated carbocycles. The number of ether oxygens (including phenoxy) is 1.